The Labute approximate surface area is 116 Å². The summed E-state index contributed by atoms with van der Waals surface area (Å²) < 4.78 is 5.75. The molecule has 0 radical (unpaired) electrons. The third kappa shape index (κ3) is 3.35. The molecule has 3 nitrogen and oxygen atoms in total. The molecule has 2 rings (SSSR count). The van der Waals surface area contributed by atoms with E-state index in [0.717, 1.165) is 26.1 Å². The predicted octanol–water partition coefficient (Wildman–Crippen LogP) is 2.41. The number of morpholine rings is 1. The lowest BCUT2D eigenvalue weighted by molar-refractivity contribution is -0.0438. The van der Waals surface area contributed by atoms with Gasteiger partial charge in [0.15, 0.2) is 0 Å². The topological polar surface area (TPSA) is 38.5 Å². The molecule has 1 aromatic rings. The van der Waals surface area contributed by atoms with Gasteiger partial charge in [-0.05, 0) is 31.4 Å². The highest BCUT2D eigenvalue weighted by Gasteiger charge is 2.26. The van der Waals surface area contributed by atoms with Gasteiger partial charge in [-0.3, -0.25) is 4.90 Å². The van der Waals surface area contributed by atoms with Gasteiger partial charge in [0.25, 0.3) is 0 Å². The number of aryl methyl sites for hydroxylation is 2. The van der Waals surface area contributed by atoms with Crippen LogP contribution in [0, 0.1) is 13.8 Å². The number of rotatable bonds is 4. The fourth-order valence-electron chi connectivity index (χ4n) is 2.94. The number of benzene rings is 1. The van der Waals surface area contributed by atoms with E-state index in [-0.39, 0.29) is 0 Å². The van der Waals surface area contributed by atoms with Crippen molar-refractivity contribution in [3.05, 3.63) is 34.9 Å². The van der Waals surface area contributed by atoms with Gasteiger partial charge in [-0.2, -0.15) is 0 Å². The molecule has 3 heteroatoms. The number of nitrogens with two attached hydrogens (primary N) is 1. The van der Waals surface area contributed by atoms with Gasteiger partial charge in [-0.1, -0.05) is 30.7 Å². The van der Waals surface area contributed by atoms with Crippen LogP contribution in [-0.4, -0.2) is 37.2 Å². The van der Waals surface area contributed by atoms with Crippen molar-refractivity contribution in [2.24, 2.45) is 5.73 Å². The smallest absolute Gasteiger partial charge is 0.0700 e. The largest absolute Gasteiger partial charge is 0.376 e. The second-order valence-electron chi connectivity index (χ2n) is 5.51. The molecular weight excluding hydrogens is 236 g/mol. The van der Waals surface area contributed by atoms with Crippen molar-refractivity contribution in [2.75, 3.05) is 26.2 Å². The van der Waals surface area contributed by atoms with Crippen molar-refractivity contribution in [1.82, 2.24) is 4.90 Å². The van der Waals surface area contributed by atoms with Crippen LogP contribution >= 0.6 is 0 Å². The highest BCUT2D eigenvalue weighted by molar-refractivity contribution is 5.33. The lowest BCUT2D eigenvalue weighted by atomic mass is 9.97. The zero-order chi connectivity index (χ0) is 13.8. The van der Waals surface area contributed by atoms with Crippen molar-refractivity contribution < 1.29 is 4.74 Å². The summed E-state index contributed by atoms with van der Waals surface area (Å²) in [6.07, 6.45) is 1.43. The average molecular weight is 262 g/mol. The van der Waals surface area contributed by atoms with Crippen LogP contribution < -0.4 is 5.73 Å². The highest BCUT2D eigenvalue weighted by atomic mass is 16.5. The first-order chi connectivity index (χ1) is 9.15. The van der Waals surface area contributed by atoms with E-state index in [9.17, 15) is 0 Å². The molecule has 0 aliphatic carbocycles. The monoisotopic (exact) mass is 262 g/mol. The van der Waals surface area contributed by atoms with E-state index in [1.807, 2.05) is 0 Å². The molecule has 106 valence electrons. The van der Waals surface area contributed by atoms with E-state index in [1.165, 1.54) is 16.7 Å². The van der Waals surface area contributed by atoms with E-state index < -0.39 is 0 Å². The molecule has 19 heavy (non-hydrogen) atoms. The molecule has 0 aromatic heterocycles. The lowest BCUT2D eigenvalue weighted by Crippen LogP contribution is -2.46. The standard InChI is InChI=1S/C16H26N2O/c1-4-14-11-18(7-8-19-14)16(10-17)15-6-5-12(2)9-13(15)3/h5-6,9,14,16H,4,7-8,10-11,17H2,1-3H3. The van der Waals surface area contributed by atoms with Crippen molar-refractivity contribution in [1.29, 1.82) is 0 Å². The first kappa shape index (κ1) is 14.5. The van der Waals surface area contributed by atoms with Crippen LogP contribution in [0.5, 0.6) is 0 Å². The van der Waals surface area contributed by atoms with Crippen LogP contribution in [0.25, 0.3) is 0 Å². The molecule has 2 atom stereocenters. The van der Waals surface area contributed by atoms with Crippen molar-refractivity contribution in [3.8, 4) is 0 Å². The van der Waals surface area contributed by atoms with Gasteiger partial charge in [-0.25, -0.2) is 0 Å². The maximum Gasteiger partial charge on any atom is 0.0700 e. The van der Waals surface area contributed by atoms with E-state index in [1.54, 1.807) is 0 Å². The van der Waals surface area contributed by atoms with Crippen molar-refractivity contribution >= 4 is 0 Å². The summed E-state index contributed by atoms with van der Waals surface area (Å²) in [6.45, 7) is 9.96. The molecule has 1 saturated heterocycles. The fraction of sp³-hybridized carbons (Fsp3) is 0.625. The molecule has 2 unspecified atom stereocenters. The van der Waals surface area contributed by atoms with Gasteiger partial charge in [0, 0.05) is 25.7 Å². The lowest BCUT2D eigenvalue weighted by Gasteiger charge is -2.38. The Morgan fingerprint density at radius 2 is 2.21 bits per heavy atom. The molecule has 0 saturated carbocycles. The molecule has 1 heterocycles. The zero-order valence-electron chi connectivity index (χ0n) is 12.4. The molecule has 0 spiro atoms. The van der Waals surface area contributed by atoms with Crippen LogP contribution in [0.2, 0.25) is 0 Å². The zero-order valence-corrected chi connectivity index (χ0v) is 12.4. The Morgan fingerprint density at radius 3 is 2.84 bits per heavy atom. The predicted molar refractivity (Wildman–Crippen MR) is 79.3 cm³/mol. The third-order valence-electron chi connectivity index (χ3n) is 4.07. The molecule has 2 N–H and O–H groups in total. The summed E-state index contributed by atoms with van der Waals surface area (Å²) in [5.74, 6) is 0. The van der Waals surface area contributed by atoms with Crippen LogP contribution in [0.1, 0.15) is 36.1 Å². The minimum Gasteiger partial charge on any atom is -0.376 e. The van der Waals surface area contributed by atoms with Crippen LogP contribution in [0.3, 0.4) is 0 Å². The van der Waals surface area contributed by atoms with Gasteiger partial charge in [0.05, 0.1) is 12.7 Å². The van der Waals surface area contributed by atoms with E-state index in [2.05, 4.69) is 43.9 Å². The van der Waals surface area contributed by atoms with Crippen molar-refractivity contribution in [3.63, 3.8) is 0 Å². The Hall–Kier alpha value is -0.900. The average Bonchev–Trinajstić information content (AvgIpc) is 2.42. The van der Waals surface area contributed by atoms with Gasteiger partial charge in [-0.15, -0.1) is 0 Å². The number of nitrogens with zero attached hydrogens (tertiary/aromatic N) is 1. The maximum atomic E-state index is 6.05. The summed E-state index contributed by atoms with van der Waals surface area (Å²) >= 11 is 0. The molecule has 0 bridgehead atoms. The van der Waals surface area contributed by atoms with E-state index in [4.69, 9.17) is 10.5 Å². The summed E-state index contributed by atoms with van der Waals surface area (Å²) in [5, 5.41) is 0. The minimum absolute atomic E-state index is 0.318. The third-order valence-corrected chi connectivity index (χ3v) is 4.07. The first-order valence-corrected chi connectivity index (χ1v) is 7.28. The van der Waals surface area contributed by atoms with Gasteiger partial charge in [0.1, 0.15) is 0 Å². The van der Waals surface area contributed by atoms with Crippen LogP contribution in [0.4, 0.5) is 0 Å². The molecule has 1 aliphatic heterocycles. The normalized spacial score (nSPS) is 22.4. The minimum atomic E-state index is 0.318. The van der Waals surface area contributed by atoms with Crippen LogP contribution in [-0.2, 0) is 4.74 Å². The number of hydrogen-bond acceptors (Lipinski definition) is 3. The number of ether oxygens (including phenoxy) is 1. The molecular formula is C16H26N2O. The van der Waals surface area contributed by atoms with Crippen molar-refractivity contribution in [2.45, 2.75) is 39.3 Å². The second kappa shape index (κ2) is 6.51. The van der Waals surface area contributed by atoms with Crippen LogP contribution in [0.15, 0.2) is 18.2 Å². The summed E-state index contributed by atoms with van der Waals surface area (Å²) in [6, 6.07) is 6.98. The van der Waals surface area contributed by atoms with Gasteiger partial charge in [0.2, 0.25) is 0 Å². The molecule has 1 aromatic carbocycles. The van der Waals surface area contributed by atoms with Gasteiger partial charge >= 0.3 is 0 Å². The van der Waals surface area contributed by atoms with E-state index >= 15 is 0 Å². The summed E-state index contributed by atoms with van der Waals surface area (Å²) in [5.41, 5.74) is 10.1. The Morgan fingerprint density at radius 1 is 1.42 bits per heavy atom. The highest BCUT2D eigenvalue weighted by Crippen LogP contribution is 2.26. The Kier molecular flexibility index (Phi) is 4.97. The quantitative estimate of drug-likeness (QED) is 0.905. The summed E-state index contributed by atoms with van der Waals surface area (Å²) in [4.78, 5) is 2.48. The maximum absolute atomic E-state index is 6.05. The van der Waals surface area contributed by atoms with Gasteiger partial charge < -0.3 is 10.5 Å². The molecule has 1 aliphatic rings. The second-order valence-corrected chi connectivity index (χ2v) is 5.51. The fourth-order valence-corrected chi connectivity index (χ4v) is 2.94. The molecule has 0 amide bonds. The Bertz CT molecular complexity index is 419. The molecule has 1 fully saturated rings. The number of hydrogen-bond donors (Lipinski definition) is 1. The van der Waals surface area contributed by atoms with E-state index in [0.29, 0.717) is 18.7 Å². The first-order valence-electron chi connectivity index (χ1n) is 7.28. The Balaban J connectivity index is 2.19. The SMILES string of the molecule is CCC1CN(C(CN)c2ccc(C)cc2C)CCO1. The summed E-state index contributed by atoms with van der Waals surface area (Å²) in [7, 11) is 0.